The predicted molar refractivity (Wildman–Crippen MR) is 59.7 cm³/mol. The van der Waals surface area contributed by atoms with Gasteiger partial charge < -0.3 is 10.0 Å². The van der Waals surface area contributed by atoms with Crippen LogP contribution in [0.3, 0.4) is 0 Å². The summed E-state index contributed by atoms with van der Waals surface area (Å²) in [5, 5.41) is 9.06. The third-order valence-corrected chi connectivity index (χ3v) is 2.58. The Labute approximate surface area is 93.5 Å². The van der Waals surface area contributed by atoms with Crippen molar-refractivity contribution in [3.63, 3.8) is 0 Å². The zero-order valence-corrected chi connectivity index (χ0v) is 9.62. The number of carboxylic acids is 1. The quantitative estimate of drug-likeness (QED) is 0.863. The van der Waals surface area contributed by atoms with Crippen molar-refractivity contribution in [3.05, 3.63) is 22.8 Å². The molecule has 0 saturated heterocycles. The van der Waals surface area contributed by atoms with Crippen molar-refractivity contribution in [1.29, 1.82) is 0 Å². The molecule has 0 spiro atoms. The van der Waals surface area contributed by atoms with Gasteiger partial charge in [0.25, 0.3) is 0 Å². The number of hydrogen-bond donors (Lipinski definition) is 1. The summed E-state index contributed by atoms with van der Waals surface area (Å²) in [5.74, 6) is -0.549. The van der Waals surface area contributed by atoms with E-state index in [4.69, 9.17) is 16.7 Å². The van der Waals surface area contributed by atoms with Crippen molar-refractivity contribution >= 4 is 23.4 Å². The maximum absolute atomic E-state index is 10.8. The van der Waals surface area contributed by atoms with Gasteiger partial charge in [0.05, 0.1) is 10.6 Å². The summed E-state index contributed by atoms with van der Waals surface area (Å²) in [5.41, 5.74) is 0.0779. The van der Waals surface area contributed by atoms with Crippen molar-refractivity contribution in [2.75, 3.05) is 11.9 Å². The second-order valence-corrected chi connectivity index (χ2v) is 3.88. The molecule has 0 aliphatic heterocycles. The standard InChI is InChI=1S/C10H13ClN2O2/c1-6(2)13(3)9-8(11)7(10(14)15)4-5-12-9/h4-6H,1-3H3,(H,14,15). The predicted octanol–water partition coefficient (Wildman–Crippen LogP) is 2.28. The molecule has 0 amide bonds. The van der Waals surface area contributed by atoms with Crippen LogP contribution in [-0.4, -0.2) is 29.1 Å². The van der Waals surface area contributed by atoms with E-state index in [9.17, 15) is 4.79 Å². The summed E-state index contributed by atoms with van der Waals surface area (Å²) in [6.45, 7) is 3.96. The molecule has 15 heavy (non-hydrogen) atoms. The van der Waals surface area contributed by atoms with Crippen LogP contribution in [0, 0.1) is 0 Å². The number of carboxylic acid groups (broad SMARTS) is 1. The fourth-order valence-electron chi connectivity index (χ4n) is 1.09. The Morgan fingerprint density at radius 2 is 2.20 bits per heavy atom. The maximum Gasteiger partial charge on any atom is 0.337 e. The van der Waals surface area contributed by atoms with Gasteiger partial charge in [0, 0.05) is 19.3 Å². The van der Waals surface area contributed by atoms with Crippen LogP contribution in [0.4, 0.5) is 5.82 Å². The number of anilines is 1. The van der Waals surface area contributed by atoms with Crippen LogP contribution < -0.4 is 4.90 Å². The lowest BCUT2D eigenvalue weighted by molar-refractivity contribution is 0.0697. The van der Waals surface area contributed by atoms with Crippen LogP contribution in [0.2, 0.25) is 5.02 Å². The number of halogens is 1. The monoisotopic (exact) mass is 228 g/mol. The van der Waals surface area contributed by atoms with Gasteiger partial charge in [-0.3, -0.25) is 0 Å². The first-order valence-corrected chi connectivity index (χ1v) is 4.93. The molecule has 4 nitrogen and oxygen atoms in total. The molecule has 1 N–H and O–H groups in total. The van der Waals surface area contributed by atoms with E-state index < -0.39 is 5.97 Å². The maximum atomic E-state index is 10.8. The van der Waals surface area contributed by atoms with Crippen molar-refractivity contribution in [1.82, 2.24) is 4.98 Å². The molecule has 0 aliphatic rings. The number of aromatic carboxylic acids is 1. The molecule has 1 aromatic heterocycles. The summed E-state index contributed by atoms with van der Waals surface area (Å²) in [6.07, 6.45) is 1.45. The molecule has 1 heterocycles. The number of pyridine rings is 1. The van der Waals surface area contributed by atoms with Crippen molar-refractivity contribution < 1.29 is 9.90 Å². The third kappa shape index (κ3) is 2.39. The molecule has 1 rings (SSSR count). The molecule has 0 aliphatic carbocycles. The van der Waals surface area contributed by atoms with Gasteiger partial charge in [-0.1, -0.05) is 11.6 Å². The second-order valence-electron chi connectivity index (χ2n) is 3.51. The third-order valence-electron chi connectivity index (χ3n) is 2.21. The highest BCUT2D eigenvalue weighted by Crippen LogP contribution is 2.27. The molecule has 5 heteroatoms. The van der Waals surface area contributed by atoms with Gasteiger partial charge in [0.15, 0.2) is 0 Å². The van der Waals surface area contributed by atoms with Crippen molar-refractivity contribution in [2.24, 2.45) is 0 Å². The Balaban J connectivity index is 3.21. The van der Waals surface area contributed by atoms with Crippen molar-refractivity contribution in [2.45, 2.75) is 19.9 Å². The first-order chi connectivity index (χ1) is 6.95. The average molecular weight is 229 g/mol. The Hall–Kier alpha value is -1.29. The van der Waals surface area contributed by atoms with Gasteiger partial charge in [-0.15, -0.1) is 0 Å². The summed E-state index contributed by atoms with van der Waals surface area (Å²) >= 11 is 5.96. The molecule has 0 aromatic carbocycles. The van der Waals surface area contributed by atoms with Gasteiger partial charge in [-0.05, 0) is 19.9 Å². The molecule has 1 aromatic rings. The fourth-order valence-corrected chi connectivity index (χ4v) is 1.41. The van der Waals surface area contributed by atoms with Gasteiger partial charge in [0.2, 0.25) is 0 Å². The summed E-state index contributed by atoms with van der Waals surface area (Å²) in [4.78, 5) is 16.7. The van der Waals surface area contributed by atoms with E-state index in [1.165, 1.54) is 12.3 Å². The molecular weight excluding hydrogens is 216 g/mol. The SMILES string of the molecule is CC(C)N(C)c1nccc(C(=O)O)c1Cl. The minimum absolute atomic E-state index is 0.0779. The Bertz CT molecular complexity index is 380. The summed E-state index contributed by atoms with van der Waals surface area (Å²) in [6, 6.07) is 1.60. The van der Waals surface area contributed by atoms with E-state index in [2.05, 4.69) is 4.98 Å². The van der Waals surface area contributed by atoms with Crippen LogP contribution in [0.5, 0.6) is 0 Å². The van der Waals surface area contributed by atoms with Crippen LogP contribution in [0.1, 0.15) is 24.2 Å². The van der Waals surface area contributed by atoms with E-state index in [0.717, 1.165) is 0 Å². The number of rotatable bonds is 3. The van der Waals surface area contributed by atoms with Gasteiger partial charge in [0.1, 0.15) is 5.82 Å². The Morgan fingerprint density at radius 3 is 2.67 bits per heavy atom. The van der Waals surface area contributed by atoms with Gasteiger partial charge in [-0.25, -0.2) is 9.78 Å². The van der Waals surface area contributed by atoms with Gasteiger partial charge in [-0.2, -0.15) is 0 Å². The van der Waals surface area contributed by atoms with E-state index in [-0.39, 0.29) is 16.6 Å². The van der Waals surface area contributed by atoms with Crippen molar-refractivity contribution in [3.8, 4) is 0 Å². The first kappa shape index (κ1) is 11.8. The zero-order valence-electron chi connectivity index (χ0n) is 8.86. The van der Waals surface area contributed by atoms with E-state index >= 15 is 0 Å². The lowest BCUT2D eigenvalue weighted by atomic mass is 10.2. The minimum atomic E-state index is -1.04. The average Bonchev–Trinajstić information content (AvgIpc) is 2.16. The summed E-state index contributed by atoms with van der Waals surface area (Å²) in [7, 11) is 1.82. The minimum Gasteiger partial charge on any atom is -0.478 e. The molecule has 0 atom stereocenters. The first-order valence-electron chi connectivity index (χ1n) is 4.55. The van der Waals surface area contributed by atoms with Gasteiger partial charge >= 0.3 is 5.97 Å². The lowest BCUT2D eigenvalue weighted by Crippen LogP contribution is -2.27. The number of hydrogen-bond acceptors (Lipinski definition) is 3. The highest BCUT2D eigenvalue weighted by atomic mass is 35.5. The lowest BCUT2D eigenvalue weighted by Gasteiger charge is -2.23. The van der Waals surface area contributed by atoms with E-state index in [1.807, 2.05) is 25.8 Å². The number of nitrogens with zero attached hydrogens (tertiary/aromatic N) is 2. The second kappa shape index (κ2) is 4.49. The highest BCUT2D eigenvalue weighted by molar-refractivity contribution is 6.35. The highest BCUT2D eigenvalue weighted by Gasteiger charge is 2.17. The van der Waals surface area contributed by atoms with E-state index in [0.29, 0.717) is 5.82 Å². The molecule has 0 saturated carbocycles. The number of aromatic nitrogens is 1. The van der Waals surface area contributed by atoms with Crippen LogP contribution in [-0.2, 0) is 0 Å². The van der Waals surface area contributed by atoms with E-state index in [1.54, 1.807) is 0 Å². The topological polar surface area (TPSA) is 53.4 Å². The molecule has 0 fully saturated rings. The van der Waals surface area contributed by atoms with Crippen LogP contribution >= 0.6 is 11.6 Å². The van der Waals surface area contributed by atoms with Crippen LogP contribution in [0.15, 0.2) is 12.3 Å². The molecule has 0 unspecified atom stereocenters. The molecule has 0 radical (unpaired) electrons. The fraction of sp³-hybridized carbons (Fsp3) is 0.400. The number of carbonyl (C=O) groups is 1. The zero-order chi connectivity index (χ0) is 11.6. The Kier molecular flexibility index (Phi) is 3.52. The van der Waals surface area contributed by atoms with Crippen LogP contribution in [0.25, 0.3) is 0 Å². The molecule has 82 valence electrons. The Morgan fingerprint density at radius 1 is 1.60 bits per heavy atom. The summed E-state index contributed by atoms with van der Waals surface area (Å²) < 4.78 is 0. The molecular formula is C10H13ClN2O2. The smallest absolute Gasteiger partial charge is 0.337 e. The largest absolute Gasteiger partial charge is 0.478 e. The normalized spacial score (nSPS) is 10.5. The molecule has 0 bridgehead atoms.